The number of hydrogen-bond acceptors (Lipinski definition) is 3. The van der Waals surface area contributed by atoms with Crippen molar-refractivity contribution >= 4 is 11.7 Å². The second kappa shape index (κ2) is 9.28. The summed E-state index contributed by atoms with van der Waals surface area (Å²) < 4.78 is 28.9. The summed E-state index contributed by atoms with van der Waals surface area (Å²) in [6.45, 7) is 2.79. The van der Waals surface area contributed by atoms with E-state index in [2.05, 4.69) is 15.3 Å². The molecule has 2 aromatic heterocycles. The van der Waals surface area contributed by atoms with E-state index in [4.69, 9.17) is 0 Å². The van der Waals surface area contributed by atoms with Gasteiger partial charge in [-0.3, -0.25) is 9.78 Å². The number of carbonyl (C=O) groups excluding carboxylic acids is 1. The average Bonchev–Trinajstić information content (AvgIpc) is 2.79. The van der Waals surface area contributed by atoms with Crippen molar-refractivity contribution < 1.29 is 13.6 Å². The van der Waals surface area contributed by atoms with E-state index in [0.29, 0.717) is 16.9 Å². The van der Waals surface area contributed by atoms with Crippen molar-refractivity contribution in [1.29, 1.82) is 0 Å². The number of aromatic nitrogens is 2. The summed E-state index contributed by atoms with van der Waals surface area (Å²) in [6, 6.07) is 21.3. The van der Waals surface area contributed by atoms with Gasteiger partial charge >= 0.3 is 0 Å². The molecule has 1 amide bonds. The number of nitrogens with zero attached hydrogens (tertiary/aromatic N) is 2. The number of amides is 1. The average molecular weight is 443 g/mol. The third-order valence-electron chi connectivity index (χ3n) is 5.24. The smallest absolute Gasteiger partial charge is 0.271 e. The maximum atomic E-state index is 14.4. The van der Waals surface area contributed by atoms with Gasteiger partial charge in [-0.05, 0) is 53.9 Å². The Morgan fingerprint density at radius 3 is 2.45 bits per heavy atom. The largest absolute Gasteiger partial charge is 0.310 e. The summed E-state index contributed by atoms with van der Waals surface area (Å²) >= 11 is 0. The molecule has 0 aliphatic rings. The first kappa shape index (κ1) is 22.3. The molecule has 0 atom stereocenters. The number of pyridine rings is 2. The fraction of sp³-hybridized carbons (Fsp3) is 0.148. The number of nitrogens with one attached hydrogen (secondary N) is 1. The Morgan fingerprint density at radius 2 is 1.79 bits per heavy atom. The van der Waals surface area contributed by atoms with Crippen molar-refractivity contribution in [2.24, 2.45) is 0 Å². The normalized spacial score (nSPS) is 11.3. The van der Waals surface area contributed by atoms with E-state index in [1.165, 1.54) is 6.07 Å². The highest BCUT2D eigenvalue weighted by Crippen LogP contribution is 2.36. The highest BCUT2D eigenvalue weighted by Gasteiger charge is 2.28. The molecule has 0 bridgehead atoms. The van der Waals surface area contributed by atoms with Gasteiger partial charge in [0.2, 0.25) is 5.91 Å². The van der Waals surface area contributed by atoms with E-state index in [9.17, 15) is 13.6 Å². The van der Waals surface area contributed by atoms with Crippen molar-refractivity contribution in [2.45, 2.75) is 26.2 Å². The molecule has 2 aromatic carbocycles. The number of rotatable bonds is 6. The Hall–Kier alpha value is -3.93. The summed E-state index contributed by atoms with van der Waals surface area (Å²) in [6.07, 6.45) is 3.29. The zero-order chi connectivity index (χ0) is 23.4. The van der Waals surface area contributed by atoms with Gasteiger partial charge in [-0.25, -0.2) is 13.8 Å². The van der Waals surface area contributed by atoms with Crippen LogP contribution in [-0.2, 0) is 17.1 Å². The Bertz CT molecular complexity index is 1270. The summed E-state index contributed by atoms with van der Waals surface area (Å²) in [5, 5.41) is 2.72. The van der Waals surface area contributed by atoms with Crippen molar-refractivity contribution in [2.75, 3.05) is 5.32 Å². The number of hydrogen-bond donors (Lipinski definition) is 1. The predicted octanol–water partition coefficient (Wildman–Crippen LogP) is 6.41. The van der Waals surface area contributed by atoms with Crippen LogP contribution in [0.25, 0.3) is 22.4 Å². The van der Waals surface area contributed by atoms with Gasteiger partial charge in [0, 0.05) is 30.4 Å². The van der Waals surface area contributed by atoms with Gasteiger partial charge in [-0.15, -0.1) is 0 Å². The minimum Gasteiger partial charge on any atom is -0.310 e. The van der Waals surface area contributed by atoms with Gasteiger partial charge in [-0.2, -0.15) is 0 Å². The third kappa shape index (κ3) is 5.47. The van der Waals surface area contributed by atoms with Gasteiger partial charge in [0.25, 0.3) is 5.92 Å². The topological polar surface area (TPSA) is 54.9 Å². The lowest BCUT2D eigenvalue weighted by atomic mass is 9.92. The van der Waals surface area contributed by atoms with Crippen LogP contribution in [0.4, 0.5) is 14.6 Å². The molecule has 0 unspecified atom stereocenters. The zero-order valence-electron chi connectivity index (χ0n) is 18.3. The minimum absolute atomic E-state index is 0.0408. The zero-order valence-corrected chi connectivity index (χ0v) is 18.3. The Balaban J connectivity index is 1.51. The van der Waals surface area contributed by atoms with E-state index in [1.54, 1.807) is 30.6 Å². The number of anilines is 1. The van der Waals surface area contributed by atoms with Crippen LogP contribution >= 0.6 is 0 Å². The highest BCUT2D eigenvalue weighted by molar-refractivity contribution is 5.91. The van der Waals surface area contributed by atoms with E-state index in [-0.39, 0.29) is 17.9 Å². The van der Waals surface area contributed by atoms with Crippen LogP contribution in [0.15, 0.2) is 85.2 Å². The first-order valence-corrected chi connectivity index (χ1v) is 10.6. The first-order valence-electron chi connectivity index (χ1n) is 10.6. The van der Waals surface area contributed by atoms with E-state index in [1.807, 2.05) is 55.5 Å². The van der Waals surface area contributed by atoms with Crippen molar-refractivity contribution in [3.05, 3.63) is 102 Å². The van der Waals surface area contributed by atoms with Gasteiger partial charge < -0.3 is 5.32 Å². The quantitative estimate of drug-likeness (QED) is 0.375. The van der Waals surface area contributed by atoms with Crippen LogP contribution in [-0.4, -0.2) is 15.9 Å². The molecule has 6 heteroatoms. The highest BCUT2D eigenvalue weighted by atomic mass is 19.3. The fourth-order valence-electron chi connectivity index (χ4n) is 3.65. The second-order valence-electron chi connectivity index (χ2n) is 8.01. The van der Waals surface area contributed by atoms with E-state index >= 15 is 0 Å². The van der Waals surface area contributed by atoms with E-state index in [0.717, 1.165) is 29.3 Å². The number of carbonyl (C=O) groups is 1. The molecule has 1 N–H and O–H groups in total. The van der Waals surface area contributed by atoms with Gasteiger partial charge in [0.15, 0.2) is 0 Å². The van der Waals surface area contributed by atoms with Crippen molar-refractivity contribution in [3.8, 4) is 22.4 Å². The molecule has 0 saturated carbocycles. The molecule has 4 nitrogen and oxygen atoms in total. The predicted molar refractivity (Wildman–Crippen MR) is 126 cm³/mol. The number of aryl methyl sites for hydroxylation is 1. The van der Waals surface area contributed by atoms with Gasteiger partial charge in [-0.1, -0.05) is 48.0 Å². The van der Waals surface area contributed by atoms with Crippen LogP contribution in [0.3, 0.4) is 0 Å². The standard InChI is InChI=1S/C27H23F2N3O/c1-18-6-5-7-20(14-18)22-11-9-19(15-23(22)27(2,28)29)16-26(33)32-25-12-10-21(17-31-25)24-8-3-4-13-30-24/h3-15,17H,16H2,1-2H3,(H,31,32,33). The van der Waals surface area contributed by atoms with Gasteiger partial charge in [0.1, 0.15) is 5.82 Å². The Labute approximate surface area is 191 Å². The maximum Gasteiger partial charge on any atom is 0.271 e. The summed E-state index contributed by atoms with van der Waals surface area (Å²) in [5.41, 5.74) is 4.19. The van der Waals surface area contributed by atoms with Crippen molar-refractivity contribution in [1.82, 2.24) is 9.97 Å². The van der Waals surface area contributed by atoms with Crippen LogP contribution in [0.5, 0.6) is 0 Å². The molecule has 0 aliphatic heterocycles. The first-order chi connectivity index (χ1) is 15.8. The number of alkyl halides is 2. The molecule has 33 heavy (non-hydrogen) atoms. The molecule has 0 radical (unpaired) electrons. The summed E-state index contributed by atoms with van der Waals surface area (Å²) in [7, 11) is 0. The number of benzene rings is 2. The molecule has 2 heterocycles. The van der Waals surface area contributed by atoms with Crippen molar-refractivity contribution in [3.63, 3.8) is 0 Å². The molecule has 4 rings (SSSR count). The molecule has 0 saturated heterocycles. The van der Waals surface area contributed by atoms with Gasteiger partial charge in [0.05, 0.1) is 12.1 Å². The van der Waals surface area contributed by atoms with Crippen LogP contribution in [0.2, 0.25) is 0 Å². The third-order valence-corrected chi connectivity index (χ3v) is 5.24. The molecule has 4 aromatic rings. The minimum atomic E-state index is -3.05. The maximum absolute atomic E-state index is 14.4. The number of halogens is 2. The molecule has 0 spiro atoms. The van der Waals surface area contributed by atoms with Crippen LogP contribution < -0.4 is 5.32 Å². The Morgan fingerprint density at radius 1 is 0.939 bits per heavy atom. The van der Waals surface area contributed by atoms with Crippen LogP contribution in [0.1, 0.15) is 23.6 Å². The monoisotopic (exact) mass is 443 g/mol. The summed E-state index contributed by atoms with van der Waals surface area (Å²) in [5.74, 6) is -2.99. The summed E-state index contributed by atoms with van der Waals surface area (Å²) in [4.78, 5) is 21.1. The Kier molecular flexibility index (Phi) is 6.27. The van der Waals surface area contributed by atoms with Crippen LogP contribution in [0, 0.1) is 6.92 Å². The fourth-order valence-corrected chi connectivity index (χ4v) is 3.65. The lowest BCUT2D eigenvalue weighted by Crippen LogP contribution is -2.16. The molecule has 0 aliphatic carbocycles. The second-order valence-corrected chi connectivity index (χ2v) is 8.01. The molecule has 0 fully saturated rings. The van der Waals surface area contributed by atoms with E-state index < -0.39 is 5.92 Å². The molecular formula is C27H23F2N3O. The molecule has 166 valence electrons. The molecular weight excluding hydrogens is 420 g/mol. The SMILES string of the molecule is Cc1cccc(-c2ccc(CC(=O)Nc3ccc(-c4ccccn4)cn3)cc2C(C)(F)F)c1. The lowest BCUT2D eigenvalue weighted by Gasteiger charge is -2.18. The lowest BCUT2D eigenvalue weighted by molar-refractivity contribution is -0.115.